The average Bonchev–Trinajstić information content (AvgIpc) is 3.51. The largest absolute Gasteiger partial charge is 0.497 e. The Morgan fingerprint density at radius 3 is 2.64 bits per heavy atom. The van der Waals surface area contributed by atoms with Gasteiger partial charge in [0.1, 0.15) is 29.3 Å². The first-order chi connectivity index (χ1) is 16.1. The number of hydrogen-bond donors (Lipinski definition) is 1. The number of ether oxygens (including phenoxy) is 2. The van der Waals surface area contributed by atoms with Crippen molar-refractivity contribution in [2.45, 2.75) is 19.9 Å². The van der Waals surface area contributed by atoms with Crippen LogP contribution in [0.4, 0.5) is 0 Å². The highest BCUT2D eigenvalue weighted by atomic mass is 16.5. The number of rotatable bonds is 9. The van der Waals surface area contributed by atoms with E-state index in [0.29, 0.717) is 41.3 Å². The van der Waals surface area contributed by atoms with Crippen LogP contribution in [0.25, 0.3) is 16.9 Å². The molecule has 0 radical (unpaired) electrons. The normalized spacial score (nSPS) is 10.8. The van der Waals surface area contributed by atoms with Gasteiger partial charge in [0.25, 0.3) is 5.91 Å². The first-order valence-corrected chi connectivity index (χ1v) is 10.7. The lowest BCUT2D eigenvalue weighted by molar-refractivity contribution is 0.0954. The number of nitrogens with zero attached hydrogens (tertiary/aromatic N) is 5. The van der Waals surface area contributed by atoms with Crippen molar-refractivity contribution >= 4 is 5.91 Å². The molecule has 170 valence electrons. The molecule has 0 saturated heterocycles. The first-order valence-electron chi connectivity index (χ1n) is 10.7. The number of aryl methyl sites for hydroxylation is 1. The maximum Gasteiger partial charge on any atom is 0.255 e. The van der Waals surface area contributed by atoms with Crippen molar-refractivity contribution in [1.82, 2.24) is 29.9 Å². The van der Waals surface area contributed by atoms with Crippen molar-refractivity contribution in [3.05, 3.63) is 72.4 Å². The van der Waals surface area contributed by atoms with Gasteiger partial charge in [0.05, 0.1) is 25.5 Å². The van der Waals surface area contributed by atoms with Crippen molar-refractivity contribution in [3.63, 3.8) is 0 Å². The van der Waals surface area contributed by atoms with E-state index in [1.165, 1.54) is 0 Å². The summed E-state index contributed by atoms with van der Waals surface area (Å²) in [7, 11) is 3.17. The Morgan fingerprint density at radius 1 is 1.09 bits per heavy atom. The van der Waals surface area contributed by atoms with Gasteiger partial charge in [0.15, 0.2) is 0 Å². The Balaban J connectivity index is 1.66. The minimum absolute atomic E-state index is 0.229. The van der Waals surface area contributed by atoms with Crippen molar-refractivity contribution < 1.29 is 14.3 Å². The molecule has 4 aromatic rings. The molecule has 0 atom stereocenters. The van der Waals surface area contributed by atoms with E-state index < -0.39 is 0 Å². The van der Waals surface area contributed by atoms with E-state index in [-0.39, 0.29) is 5.91 Å². The Bertz CT molecular complexity index is 1230. The average molecular weight is 447 g/mol. The summed E-state index contributed by atoms with van der Waals surface area (Å²) in [5.41, 5.74) is 2.51. The van der Waals surface area contributed by atoms with Gasteiger partial charge in [-0.3, -0.25) is 4.79 Å². The number of carbonyl (C=O) groups excluding carboxylic acids is 1. The lowest BCUT2D eigenvalue weighted by atomic mass is 10.1. The summed E-state index contributed by atoms with van der Waals surface area (Å²) in [6.45, 7) is 3.23. The van der Waals surface area contributed by atoms with Crippen molar-refractivity contribution in [1.29, 1.82) is 0 Å². The van der Waals surface area contributed by atoms with Gasteiger partial charge in [-0.2, -0.15) is 5.10 Å². The van der Waals surface area contributed by atoms with Crippen LogP contribution in [0.1, 0.15) is 23.1 Å². The van der Waals surface area contributed by atoms with Crippen LogP contribution in [0.5, 0.6) is 11.5 Å². The summed E-state index contributed by atoms with van der Waals surface area (Å²) in [5.74, 6) is 1.82. The number of amides is 1. The molecular weight excluding hydrogens is 420 g/mol. The molecule has 33 heavy (non-hydrogen) atoms. The number of carbonyl (C=O) groups is 1. The third kappa shape index (κ3) is 4.72. The van der Waals surface area contributed by atoms with Crippen molar-refractivity contribution in [3.8, 4) is 28.4 Å². The molecule has 2 heterocycles. The van der Waals surface area contributed by atoms with Crippen LogP contribution < -0.4 is 14.8 Å². The van der Waals surface area contributed by atoms with Gasteiger partial charge in [0, 0.05) is 37.3 Å². The highest BCUT2D eigenvalue weighted by Gasteiger charge is 2.21. The molecule has 0 saturated carbocycles. The number of hydrogen-bond acceptors (Lipinski definition) is 6. The van der Waals surface area contributed by atoms with Crippen LogP contribution in [0.3, 0.4) is 0 Å². The van der Waals surface area contributed by atoms with Crippen LogP contribution in [-0.4, -0.2) is 51.2 Å². The molecular formula is C24H26N6O3. The molecule has 0 aliphatic carbocycles. The SMILES string of the molecule is CCn1cnnc1CCNC(=O)c1cn(-c2ccccc2)nc1-c1ccc(OC)cc1OC. The minimum Gasteiger partial charge on any atom is -0.497 e. The summed E-state index contributed by atoms with van der Waals surface area (Å²) in [6.07, 6.45) is 4.00. The lowest BCUT2D eigenvalue weighted by Gasteiger charge is -2.10. The van der Waals surface area contributed by atoms with Crippen LogP contribution in [0.15, 0.2) is 61.1 Å². The second-order valence-corrected chi connectivity index (χ2v) is 7.28. The third-order valence-electron chi connectivity index (χ3n) is 5.31. The van der Waals surface area contributed by atoms with E-state index in [1.54, 1.807) is 37.5 Å². The molecule has 4 rings (SSSR count). The molecule has 0 unspecified atom stereocenters. The minimum atomic E-state index is -0.229. The van der Waals surface area contributed by atoms with Gasteiger partial charge >= 0.3 is 0 Å². The molecule has 1 amide bonds. The molecule has 9 heteroatoms. The van der Waals surface area contributed by atoms with Crippen LogP contribution >= 0.6 is 0 Å². The topological polar surface area (TPSA) is 96.1 Å². The van der Waals surface area contributed by atoms with E-state index in [0.717, 1.165) is 18.1 Å². The Labute approximate surface area is 192 Å². The number of aromatic nitrogens is 5. The summed E-state index contributed by atoms with van der Waals surface area (Å²) in [5, 5.41) is 15.8. The Kier molecular flexibility index (Phi) is 6.68. The standard InChI is InChI=1S/C24H26N6O3/c1-4-29-16-26-27-22(29)12-13-25-24(31)20-15-30(17-8-6-5-7-9-17)28-23(20)19-11-10-18(32-2)14-21(19)33-3/h5-11,14-16H,4,12-13H2,1-3H3,(H,25,31). The van der Waals surface area contributed by atoms with E-state index in [2.05, 4.69) is 15.5 Å². The highest BCUT2D eigenvalue weighted by molar-refractivity contribution is 6.00. The zero-order valence-corrected chi connectivity index (χ0v) is 18.9. The summed E-state index contributed by atoms with van der Waals surface area (Å²) < 4.78 is 14.5. The highest BCUT2D eigenvalue weighted by Crippen LogP contribution is 2.34. The molecule has 0 spiro atoms. The van der Waals surface area contributed by atoms with Crippen molar-refractivity contribution in [2.75, 3.05) is 20.8 Å². The number of benzene rings is 2. The van der Waals surface area contributed by atoms with Gasteiger partial charge in [0.2, 0.25) is 0 Å². The predicted octanol–water partition coefficient (Wildman–Crippen LogP) is 3.14. The molecule has 2 aromatic carbocycles. The smallest absolute Gasteiger partial charge is 0.255 e. The van der Waals surface area contributed by atoms with Gasteiger partial charge in [-0.25, -0.2) is 4.68 Å². The van der Waals surface area contributed by atoms with E-state index >= 15 is 0 Å². The van der Waals surface area contributed by atoms with Crippen LogP contribution in [0, 0.1) is 0 Å². The van der Waals surface area contributed by atoms with Gasteiger partial charge in [-0.05, 0) is 31.2 Å². The Hall–Kier alpha value is -4.14. The second kappa shape index (κ2) is 9.99. The molecule has 1 N–H and O–H groups in total. The molecule has 9 nitrogen and oxygen atoms in total. The predicted molar refractivity (Wildman–Crippen MR) is 124 cm³/mol. The first kappa shape index (κ1) is 22.1. The van der Waals surface area contributed by atoms with Crippen LogP contribution in [0.2, 0.25) is 0 Å². The molecule has 0 bridgehead atoms. The van der Waals surface area contributed by atoms with Gasteiger partial charge < -0.3 is 19.4 Å². The monoisotopic (exact) mass is 446 g/mol. The fourth-order valence-electron chi connectivity index (χ4n) is 3.57. The molecule has 0 aliphatic rings. The summed E-state index contributed by atoms with van der Waals surface area (Å²) in [4.78, 5) is 13.2. The molecule has 0 fully saturated rings. The third-order valence-corrected chi connectivity index (χ3v) is 5.31. The molecule has 2 aromatic heterocycles. The van der Waals surface area contributed by atoms with Gasteiger partial charge in [-0.15, -0.1) is 10.2 Å². The van der Waals surface area contributed by atoms with E-state index in [4.69, 9.17) is 14.6 Å². The fourth-order valence-corrected chi connectivity index (χ4v) is 3.57. The number of nitrogens with one attached hydrogen (secondary N) is 1. The molecule has 0 aliphatic heterocycles. The maximum absolute atomic E-state index is 13.2. The lowest BCUT2D eigenvalue weighted by Crippen LogP contribution is -2.26. The number of para-hydroxylation sites is 1. The zero-order chi connectivity index (χ0) is 23.2. The van der Waals surface area contributed by atoms with Gasteiger partial charge in [-0.1, -0.05) is 18.2 Å². The van der Waals surface area contributed by atoms with Crippen LogP contribution in [-0.2, 0) is 13.0 Å². The quantitative estimate of drug-likeness (QED) is 0.424. The summed E-state index contributed by atoms with van der Waals surface area (Å²) in [6, 6.07) is 15.1. The Morgan fingerprint density at radius 2 is 1.91 bits per heavy atom. The second-order valence-electron chi connectivity index (χ2n) is 7.28. The number of methoxy groups -OCH3 is 2. The maximum atomic E-state index is 13.2. The zero-order valence-electron chi connectivity index (χ0n) is 18.9. The summed E-state index contributed by atoms with van der Waals surface area (Å²) >= 11 is 0. The fraction of sp³-hybridized carbons (Fsp3) is 0.250. The van der Waals surface area contributed by atoms with E-state index in [1.807, 2.05) is 54.0 Å². The van der Waals surface area contributed by atoms with E-state index in [9.17, 15) is 4.79 Å². The van der Waals surface area contributed by atoms with Crippen molar-refractivity contribution in [2.24, 2.45) is 0 Å².